The molecule has 0 bridgehead atoms. The predicted octanol–water partition coefficient (Wildman–Crippen LogP) is 1.72. The molecule has 3 rings (SSSR count). The van der Waals surface area contributed by atoms with E-state index < -0.39 is 0 Å². The highest BCUT2D eigenvalue weighted by Crippen LogP contribution is 2.14. The second-order valence-corrected chi connectivity index (χ2v) is 7.60. The number of fused-ring (bicyclic) bond motifs is 1. The first kappa shape index (κ1) is 17.8. The molecule has 1 aliphatic rings. The van der Waals surface area contributed by atoms with Gasteiger partial charge in [0.1, 0.15) is 11.6 Å². The second kappa shape index (κ2) is 8.94. The molecule has 0 aromatic carbocycles. The number of thiazole rings is 1. The van der Waals surface area contributed by atoms with Crippen LogP contribution >= 0.6 is 11.3 Å². The molecule has 136 valence electrons. The number of guanidine groups is 1. The monoisotopic (exact) mass is 361 g/mol. The van der Waals surface area contributed by atoms with Gasteiger partial charge in [-0.3, -0.25) is 4.99 Å². The third-order valence-electron chi connectivity index (χ3n) is 4.35. The number of nitrogens with zero attached hydrogens (tertiary/aromatic N) is 5. The van der Waals surface area contributed by atoms with Crippen LogP contribution in [0.1, 0.15) is 40.8 Å². The van der Waals surface area contributed by atoms with E-state index in [9.17, 15) is 0 Å². The molecular weight excluding hydrogens is 334 g/mol. The lowest BCUT2D eigenvalue weighted by Crippen LogP contribution is -2.39. The molecule has 1 aliphatic heterocycles. The van der Waals surface area contributed by atoms with Gasteiger partial charge in [-0.15, -0.1) is 21.5 Å². The van der Waals surface area contributed by atoms with Gasteiger partial charge in [0, 0.05) is 57.0 Å². The zero-order valence-electron chi connectivity index (χ0n) is 15.1. The maximum Gasteiger partial charge on any atom is 0.191 e. The first-order chi connectivity index (χ1) is 12.3. The van der Waals surface area contributed by atoms with E-state index in [4.69, 9.17) is 0 Å². The number of aromatic nitrogens is 4. The van der Waals surface area contributed by atoms with Crippen LogP contribution in [0, 0.1) is 6.92 Å². The maximum atomic E-state index is 4.38. The van der Waals surface area contributed by atoms with Gasteiger partial charge in [-0.05, 0) is 19.8 Å². The molecular formula is C17H27N7S. The first-order valence-electron chi connectivity index (χ1n) is 9.03. The first-order valence-corrected chi connectivity index (χ1v) is 9.84. The minimum absolute atomic E-state index is 0.800. The van der Waals surface area contributed by atoms with Crippen LogP contribution in [0.4, 0.5) is 0 Å². The normalized spacial score (nSPS) is 14.9. The molecule has 0 radical (unpaired) electrons. The Balaban J connectivity index is 1.42. The second-order valence-electron chi connectivity index (χ2n) is 6.29. The number of rotatable bonds is 6. The fourth-order valence-electron chi connectivity index (χ4n) is 3.05. The van der Waals surface area contributed by atoms with Crippen molar-refractivity contribution in [2.24, 2.45) is 4.99 Å². The lowest BCUT2D eigenvalue weighted by molar-refractivity contribution is 0.600. The number of hydrogen-bond acceptors (Lipinski definition) is 5. The molecule has 0 atom stereocenters. The predicted molar refractivity (Wildman–Crippen MR) is 101 cm³/mol. The Morgan fingerprint density at radius 2 is 2.04 bits per heavy atom. The van der Waals surface area contributed by atoms with E-state index >= 15 is 0 Å². The molecule has 2 aromatic heterocycles. The highest BCUT2D eigenvalue weighted by Gasteiger charge is 2.14. The zero-order valence-corrected chi connectivity index (χ0v) is 15.9. The molecule has 2 aromatic rings. The van der Waals surface area contributed by atoms with E-state index in [-0.39, 0.29) is 0 Å². The Hall–Kier alpha value is -1.96. The van der Waals surface area contributed by atoms with Crippen molar-refractivity contribution >= 4 is 17.3 Å². The van der Waals surface area contributed by atoms with E-state index in [1.54, 1.807) is 18.4 Å². The Kier molecular flexibility index (Phi) is 6.38. The summed E-state index contributed by atoms with van der Waals surface area (Å²) < 4.78 is 2.30. The third kappa shape index (κ3) is 5.01. The molecule has 0 unspecified atom stereocenters. The molecule has 0 spiro atoms. The van der Waals surface area contributed by atoms with Gasteiger partial charge in [0.05, 0.1) is 5.01 Å². The summed E-state index contributed by atoms with van der Waals surface area (Å²) in [7, 11) is 1.80. The summed E-state index contributed by atoms with van der Waals surface area (Å²) >= 11 is 1.75. The minimum atomic E-state index is 0.800. The van der Waals surface area contributed by atoms with Crippen LogP contribution in [0.15, 0.2) is 11.2 Å². The van der Waals surface area contributed by atoms with Crippen molar-refractivity contribution in [2.75, 3.05) is 20.1 Å². The number of hydrogen-bond donors (Lipinski definition) is 2. The van der Waals surface area contributed by atoms with E-state index in [1.165, 1.54) is 24.1 Å². The van der Waals surface area contributed by atoms with Crippen LogP contribution in [0.3, 0.4) is 0 Å². The van der Waals surface area contributed by atoms with Gasteiger partial charge >= 0.3 is 0 Å². The quantitative estimate of drug-likeness (QED) is 0.605. The standard InChI is InChI=1S/C17H27N7S/c1-13-12-21-16(25-13)8-10-20-17(18-2)19-9-7-15-23-22-14-6-4-3-5-11-24(14)15/h12H,3-11H2,1-2H3,(H2,18,19,20). The van der Waals surface area contributed by atoms with E-state index in [0.29, 0.717) is 0 Å². The summed E-state index contributed by atoms with van der Waals surface area (Å²) in [6.07, 6.45) is 8.50. The highest BCUT2D eigenvalue weighted by atomic mass is 32.1. The van der Waals surface area contributed by atoms with Gasteiger partial charge in [0.2, 0.25) is 0 Å². The fourth-order valence-corrected chi connectivity index (χ4v) is 3.83. The van der Waals surface area contributed by atoms with Gasteiger partial charge < -0.3 is 15.2 Å². The topological polar surface area (TPSA) is 80.0 Å². The van der Waals surface area contributed by atoms with Crippen LogP contribution in [0.2, 0.25) is 0 Å². The van der Waals surface area contributed by atoms with Gasteiger partial charge in [0.15, 0.2) is 5.96 Å². The lowest BCUT2D eigenvalue weighted by atomic mass is 10.2. The van der Waals surface area contributed by atoms with Crippen molar-refractivity contribution in [3.63, 3.8) is 0 Å². The van der Waals surface area contributed by atoms with Crippen molar-refractivity contribution in [3.8, 4) is 0 Å². The smallest absolute Gasteiger partial charge is 0.191 e. The van der Waals surface area contributed by atoms with E-state index in [0.717, 1.165) is 61.5 Å². The van der Waals surface area contributed by atoms with E-state index in [2.05, 4.69) is 42.3 Å². The van der Waals surface area contributed by atoms with E-state index in [1.807, 2.05) is 6.20 Å². The SMILES string of the molecule is CN=C(NCCc1ncc(C)s1)NCCc1nnc2n1CCCCC2. The molecule has 0 fully saturated rings. The molecule has 0 saturated carbocycles. The van der Waals surface area contributed by atoms with Crippen LogP contribution in [-0.4, -0.2) is 45.8 Å². The number of nitrogens with one attached hydrogen (secondary N) is 2. The van der Waals surface area contributed by atoms with Gasteiger partial charge in [-0.25, -0.2) is 4.98 Å². The van der Waals surface area contributed by atoms with Crippen molar-refractivity contribution in [3.05, 3.63) is 27.7 Å². The van der Waals surface area contributed by atoms with Crippen molar-refractivity contribution in [1.29, 1.82) is 0 Å². The van der Waals surface area contributed by atoms with Crippen molar-refractivity contribution in [2.45, 2.75) is 52.0 Å². The molecule has 0 saturated heterocycles. The molecule has 3 heterocycles. The van der Waals surface area contributed by atoms with Gasteiger partial charge in [0.25, 0.3) is 0 Å². The number of aryl methyl sites for hydroxylation is 2. The fraction of sp³-hybridized carbons (Fsp3) is 0.647. The molecule has 2 N–H and O–H groups in total. The van der Waals surface area contributed by atoms with Crippen LogP contribution in [0.25, 0.3) is 0 Å². The number of aliphatic imine (C=N–C) groups is 1. The summed E-state index contributed by atoms with van der Waals surface area (Å²) in [6, 6.07) is 0. The highest BCUT2D eigenvalue weighted by molar-refractivity contribution is 7.11. The summed E-state index contributed by atoms with van der Waals surface area (Å²) in [6.45, 7) is 4.76. The molecule has 0 amide bonds. The van der Waals surface area contributed by atoms with Gasteiger partial charge in [-0.2, -0.15) is 0 Å². The molecule has 8 heteroatoms. The maximum absolute atomic E-state index is 4.38. The Bertz CT molecular complexity index is 704. The molecule has 0 aliphatic carbocycles. The largest absolute Gasteiger partial charge is 0.356 e. The third-order valence-corrected chi connectivity index (χ3v) is 5.32. The Morgan fingerprint density at radius 3 is 2.80 bits per heavy atom. The average molecular weight is 362 g/mol. The van der Waals surface area contributed by atoms with Crippen molar-refractivity contribution < 1.29 is 0 Å². The molecule has 7 nitrogen and oxygen atoms in total. The zero-order chi connectivity index (χ0) is 17.5. The summed E-state index contributed by atoms with van der Waals surface area (Å²) in [5, 5.41) is 16.6. The average Bonchev–Trinajstić information content (AvgIpc) is 3.12. The minimum Gasteiger partial charge on any atom is -0.356 e. The van der Waals surface area contributed by atoms with Crippen LogP contribution in [-0.2, 0) is 25.8 Å². The van der Waals surface area contributed by atoms with Crippen molar-refractivity contribution in [1.82, 2.24) is 30.4 Å². The van der Waals surface area contributed by atoms with Gasteiger partial charge in [-0.1, -0.05) is 6.42 Å². The lowest BCUT2D eigenvalue weighted by Gasteiger charge is -2.12. The Morgan fingerprint density at radius 1 is 1.20 bits per heavy atom. The molecule has 25 heavy (non-hydrogen) atoms. The van der Waals surface area contributed by atoms with Crippen LogP contribution in [0.5, 0.6) is 0 Å². The Labute approximate surface area is 153 Å². The summed E-state index contributed by atoms with van der Waals surface area (Å²) in [5.74, 6) is 3.05. The summed E-state index contributed by atoms with van der Waals surface area (Å²) in [4.78, 5) is 9.92. The summed E-state index contributed by atoms with van der Waals surface area (Å²) in [5.41, 5.74) is 0. The van der Waals surface area contributed by atoms with Crippen LogP contribution < -0.4 is 10.6 Å².